The van der Waals surface area contributed by atoms with Gasteiger partial charge in [0.2, 0.25) is 0 Å². The molecule has 1 aromatic rings. The molecule has 0 unspecified atom stereocenters. The Morgan fingerprint density at radius 2 is 1.94 bits per heavy atom. The van der Waals surface area contributed by atoms with Gasteiger partial charge in [0.1, 0.15) is 6.61 Å². The Labute approximate surface area is 98.3 Å². The molecule has 0 heterocycles. The van der Waals surface area contributed by atoms with Crippen LogP contribution in [0.25, 0.3) is 0 Å². The predicted molar refractivity (Wildman–Crippen MR) is 64.4 cm³/mol. The number of rotatable bonds is 3. The molecule has 0 spiro atoms. The lowest BCUT2D eigenvalue weighted by Gasteiger charge is -2.12. The first-order valence-electron chi connectivity index (χ1n) is 5.45. The van der Waals surface area contributed by atoms with Crippen molar-refractivity contribution in [1.82, 2.24) is 0 Å². The first-order valence-corrected chi connectivity index (χ1v) is 5.45. The molecule has 2 aliphatic carbocycles. The van der Waals surface area contributed by atoms with Gasteiger partial charge in [-0.05, 0) is 16.8 Å². The third-order valence-corrected chi connectivity index (χ3v) is 2.78. The zero-order valence-corrected chi connectivity index (χ0v) is 9.14. The van der Waals surface area contributed by atoms with Gasteiger partial charge < -0.3 is 4.74 Å². The summed E-state index contributed by atoms with van der Waals surface area (Å²) in [6.07, 6.45) is -0.410. The molecule has 84 valence electrons. The van der Waals surface area contributed by atoms with Crippen molar-refractivity contribution in [3.05, 3.63) is 64.5 Å². The second-order valence-corrected chi connectivity index (χ2v) is 3.95. The fourth-order valence-electron chi connectivity index (χ4n) is 1.76. The van der Waals surface area contributed by atoms with Crippen molar-refractivity contribution in [3.63, 3.8) is 0 Å². The smallest absolute Gasteiger partial charge is 0.411 e. The molecule has 1 aromatic carbocycles. The van der Waals surface area contributed by atoms with Gasteiger partial charge in [-0.1, -0.05) is 42.5 Å². The van der Waals surface area contributed by atoms with E-state index < -0.39 is 6.09 Å². The normalized spacial score (nSPS) is 10.8. The minimum atomic E-state index is -0.410. The highest BCUT2D eigenvalue weighted by atomic mass is 16.5. The zero-order chi connectivity index (χ0) is 11.7. The fraction of sp³-hybridized carbons (Fsp3) is 0.0714. The van der Waals surface area contributed by atoms with Crippen molar-refractivity contribution < 1.29 is 9.53 Å². The van der Waals surface area contributed by atoms with E-state index >= 15 is 0 Å². The van der Waals surface area contributed by atoms with Crippen molar-refractivity contribution in [2.75, 3.05) is 5.32 Å². The molecule has 3 rings (SSSR count). The molecule has 0 atom stereocenters. The summed E-state index contributed by atoms with van der Waals surface area (Å²) in [5.41, 5.74) is 1.83. The topological polar surface area (TPSA) is 38.3 Å². The van der Waals surface area contributed by atoms with E-state index in [0.717, 1.165) is 16.5 Å². The molecule has 3 nitrogen and oxygen atoms in total. The van der Waals surface area contributed by atoms with Crippen LogP contribution >= 0.6 is 0 Å². The summed E-state index contributed by atoms with van der Waals surface area (Å²) in [6, 6.07) is 15.5. The van der Waals surface area contributed by atoms with Gasteiger partial charge in [0.25, 0.3) is 0 Å². The van der Waals surface area contributed by atoms with E-state index in [4.69, 9.17) is 4.74 Å². The summed E-state index contributed by atoms with van der Waals surface area (Å²) in [6.45, 7) is 0.293. The largest absolute Gasteiger partial charge is 0.444 e. The highest BCUT2D eigenvalue weighted by Gasteiger charge is 2.09. The number of ether oxygens (including phenoxy) is 1. The Morgan fingerprint density at radius 3 is 2.53 bits per heavy atom. The van der Waals surface area contributed by atoms with E-state index in [1.54, 1.807) is 0 Å². The van der Waals surface area contributed by atoms with E-state index in [1.165, 1.54) is 5.22 Å². The van der Waals surface area contributed by atoms with E-state index in [1.807, 2.05) is 48.5 Å². The maximum Gasteiger partial charge on any atom is 0.411 e. The van der Waals surface area contributed by atoms with Crippen LogP contribution in [0.2, 0.25) is 0 Å². The van der Waals surface area contributed by atoms with Gasteiger partial charge in [-0.25, -0.2) is 4.79 Å². The van der Waals surface area contributed by atoms with Crippen molar-refractivity contribution in [2.24, 2.45) is 0 Å². The van der Waals surface area contributed by atoms with Crippen LogP contribution in [0.15, 0.2) is 48.5 Å². The molecule has 0 radical (unpaired) electrons. The van der Waals surface area contributed by atoms with Crippen molar-refractivity contribution in [3.8, 4) is 0 Å². The lowest BCUT2D eigenvalue weighted by molar-refractivity contribution is 0.155. The van der Waals surface area contributed by atoms with Crippen LogP contribution in [0.4, 0.5) is 10.5 Å². The molecule has 0 saturated heterocycles. The average Bonchev–Trinajstić information content (AvgIpc) is 2.34. The predicted octanol–water partition coefficient (Wildman–Crippen LogP) is 3.04. The summed E-state index contributed by atoms with van der Waals surface area (Å²) >= 11 is 0. The number of carbonyl (C=O) groups is 1. The first kappa shape index (κ1) is 9.90. The number of carbonyl (C=O) groups excluding carboxylic acids is 1. The minimum Gasteiger partial charge on any atom is -0.444 e. The van der Waals surface area contributed by atoms with E-state index in [2.05, 4.69) is 5.32 Å². The van der Waals surface area contributed by atoms with Crippen LogP contribution in [0, 0.1) is 10.4 Å². The van der Waals surface area contributed by atoms with Crippen LogP contribution < -0.4 is 5.32 Å². The van der Waals surface area contributed by atoms with Crippen LogP contribution in [-0.2, 0) is 11.3 Å². The van der Waals surface area contributed by atoms with E-state index in [9.17, 15) is 4.79 Å². The molecule has 0 saturated carbocycles. The van der Waals surface area contributed by atoms with Crippen molar-refractivity contribution >= 4 is 11.8 Å². The maximum absolute atomic E-state index is 11.5. The summed E-state index contributed by atoms with van der Waals surface area (Å²) in [5, 5.41) is 5.02. The third kappa shape index (κ3) is 1.87. The highest BCUT2D eigenvalue weighted by molar-refractivity contribution is 5.85. The molecule has 1 N–H and O–H groups in total. The second-order valence-electron chi connectivity index (χ2n) is 3.95. The van der Waals surface area contributed by atoms with Crippen LogP contribution in [-0.4, -0.2) is 6.09 Å². The average molecular weight is 225 g/mol. The van der Waals surface area contributed by atoms with E-state index in [0.29, 0.717) is 6.61 Å². The Bertz CT molecular complexity index is 650. The summed E-state index contributed by atoms with van der Waals surface area (Å²) in [7, 11) is 0. The van der Waals surface area contributed by atoms with Gasteiger partial charge in [0.05, 0.1) is 5.69 Å². The Morgan fingerprint density at radius 1 is 1.12 bits per heavy atom. The number of hydrogen-bond donors (Lipinski definition) is 1. The molecular formula is C14H11NO2. The monoisotopic (exact) mass is 225 g/mol. The van der Waals surface area contributed by atoms with Gasteiger partial charge >= 0.3 is 6.09 Å². The molecule has 17 heavy (non-hydrogen) atoms. The Hall–Kier alpha value is -2.29. The van der Waals surface area contributed by atoms with Crippen molar-refractivity contribution in [2.45, 2.75) is 6.61 Å². The van der Waals surface area contributed by atoms with E-state index in [-0.39, 0.29) is 0 Å². The molecule has 0 bridgehead atoms. The van der Waals surface area contributed by atoms with Gasteiger partial charge in [0.15, 0.2) is 0 Å². The Balaban J connectivity index is 1.54. The standard InChI is InChI=1S/C14H11NO2/c16-14(15-13-8-11-6-7-12(11)13)17-9-10-4-2-1-3-5-10/h1-8H,9H2,(H,15,16). The highest BCUT2D eigenvalue weighted by Crippen LogP contribution is 2.21. The quantitative estimate of drug-likeness (QED) is 0.744. The van der Waals surface area contributed by atoms with Crippen LogP contribution in [0.5, 0.6) is 0 Å². The van der Waals surface area contributed by atoms with Gasteiger partial charge in [0, 0.05) is 5.22 Å². The van der Waals surface area contributed by atoms with Gasteiger partial charge in [-0.2, -0.15) is 0 Å². The zero-order valence-electron chi connectivity index (χ0n) is 9.14. The second kappa shape index (κ2) is 3.94. The lowest BCUT2D eigenvalue weighted by atomic mass is 10.0. The number of amides is 1. The number of anilines is 1. The number of benzene rings is 2. The van der Waals surface area contributed by atoms with Crippen LogP contribution in [0.3, 0.4) is 0 Å². The first-order chi connectivity index (χ1) is 8.33. The van der Waals surface area contributed by atoms with Crippen LogP contribution in [0.1, 0.15) is 5.56 Å². The summed E-state index contributed by atoms with van der Waals surface area (Å²) < 4.78 is 5.10. The molecule has 0 fully saturated rings. The number of hydrogen-bond acceptors (Lipinski definition) is 2. The molecular weight excluding hydrogens is 214 g/mol. The summed E-state index contributed by atoms with van der Waals surface area (Å²) in [5.74, 6) is 0. The minimum absolute atomic E-state index is 0.293. The summed E-state index contributed by atoms with van der Waals surface area (Å²) in [4.78, 5) is 11.5. The lowest BCUT2D eigenvalue weighted by Crippen LogP contribution is -2.15. The third-order valence-electron chi connectivity index (χ3n) is 2.78. The molecule has 2 aliphatic rings. The molecule has 3 heteroatoms. The SMILES string of the molecule is O=C(Nc1cc2ccc1=2)OCc1ccccc1. The Kier molecular flexibility index (Phi) is 2.29. The maximum atomic E-state index is 11.5. The molecule has 1 amide bonds. The van der Waals surface area contributed by atoms with Crippen molar-refractivity contribution in [1.29, 1.82) is 0 Å². The fourth-order valence-corrected chi connectivity index (χ4v) is 1.76. The number of nitrogens with one attached hydrogen (secondary N) is 1. The van der Waals surface area contributed by atoms with Gasteiger partial charge in [-0.3, -0.25) is 5.32 Å². The molecule has 0 aromatic heterocycles. The molecule has 0 aliphatic heterocycles. The van der Waals surface area contributed by atoms with Gasteiger partial charge in [-0.15, -0.1) is 0 Å².